The van der Waals surface area contributed by atoms with Gasteiger partial charge in [0.15, 0.2) is 0 Å². The Hall–Kier alpha value is -2.78. The van der Waals surface area contributed by atoms with Crippen molar-refractivity contribution in [3.63, 3.8) is 0 Å². The first kappa shape index (κ1) is 20.9. The number of rotatable bonds is 8. The van der Waals surface area contributed by atoms with Gasteiger partial charge in [-0.25, -0.2) is 0 Å². The highest BCUT2D eigenvalue weighted by Gasteiger charge is 2.15. The smallest absolute Gasteiger partial charge is 0.246 e. The van der Waals surface area contributed by atoms with E-state index in [4.69, 9.17) is 11.6 Å². The summed E-state index contributed by atoms with van der Waals surface area (Å²) < 4.78 is 2.17. The van der Waals surface area contributed by atoms with E-state index >= 15 is 0 Å². The number of amides is 1. The molecule has 0 saturated heterocycles. The van der Waals surface area contributed by atoms with Crippen LogP contribution < -0.4 is 0 Å². The van der Waals surface area contributed by atoms with Gasteiger partial charge in [0.05, 0.1) is 6.54 Å². The Morgan fingerprint density at radius 1 is 1.07 bits per heavy atom. The molecule has 29 heavy (non-hydrogen) atoms. The zero-order chi connectivity index (χ0) is 20.6. The van der Waals surface area contributed by atoms with E-state index in [-0.39, 0.29) is 5.91 Å². The van der Waals surface area contributed by atoms with Crippen molar-refractivity contribution in [2.45, 2.75) is 26.9 Å². The summed E-state index contributed by atoms with van der Waals surface area (Å²) in [4.78, 5) is 14.8. The first-order valence-electron chi connectivity index (χ1n) is 9.92. The van der Waals surface area contributed by atoms with Gasteiger partial charge in [0.25, 0.3) is 0 Å². The minimum atomic E-state index is 0.0260. The van der Waals surface area contributed by atoms with Crippen LogP contribution >= 0.6 is 11.6 Å². The van der Waals surface area contributed by atoms with Gasteiger partial charge >= 0.3 is 0 Å². The predicted molar refractivity (Wildman–Crippen MR) is 121 cm³/mol. The molecule has 0 aliphatic rings. The summed E-state index contributed by atoms with van der Waals surface area (Å²) in [7, 11) is 0. The van der Waals surface area contributed by atoms with Gasteiger partial charge in [0, 0.05) is 36.1 Å². The number of carbonyl (C=O) groups is 1. The molecule has 0 fully saturated rings. The average molecular weight is 407 g/mol. The first-order valence-corrected chi connectivity index (χ1v) is 10.3. The van der Waals surface area contributed by atoms with Gasteiger partial charge in [-0.2, -0.15) is 0 Å². The summed E-state index contributed by atoms with van der Waals surface area (Å²) in [6, 6.07) is 21.9. The molecule has 0 aliphatic heterocycles. The second kappa shape index (κ2) is 10.1. The number of hydrogen-bond acceptors (Lipinski definition) is 1. The molecule has 150 valence electrons. The largest absolute Gasteiger partial charge is 0.345 e. The van der Waals surface area contributed by atoms with Gasteiger partial charge in [-0.3, -0.25) is 4.79 Å². The summed E-state index contributed by atoms with van der Waals surface area (Å²) in [5, 5.41) is 0.735. The summed E-state index contributed by atoms with van der Waals surface area (Å²) in [5.74, 6) is 0.415. The highest BCUT2D eigenvalue weighted by Crippen LogP contribution is 2.16. The van der Waals surface area contributed by atoms with E-state index < -0.39 is 0 Å². The lowest BCUT2D eigenvalue weighted by Crippen LogP contribution is -2.33. The second-order valence-electron chi connectivity index (χ2n) is 7.61. The van der Waals surface area contributed by atoms with Crippen LogP contribution in [0.1, 0.15) is 30.7 Å². The van der Waals surface area contributed by atoms with Crippen LogP contribution in [0.25, 0.3) is 6.08 Å². The van der Waals surface area contributed by atoms with Crippen molar-refractivity contribution in [3.05, 3.63) is 101 Å². The topological polar surface area (TPSA) is 25.2 Å². The Balaban J connectivity index is 1.74. The fraction of sp³-hybridized carbons (Fsp3) is 0.240. The quantitative estimate of drug-likeness (QED) is 0.428. The van der Waals surface area contributed by atoms with Crippen LogP contribution in [0.3, 0.4) is 0 Å². The lowest BCUT2D eigenvalue weighted by Gasteiger charge is -2.24. The molecule has 0 saturated carbocycles. The second-order valence-corrected chi connectivity index (χ2v) is 8.05. The van der Waals surface area contributed by atoms with Crippen molar-refractivity contribution in [1.29, 1.82) is 0 Å². The van der Waals surface area contributed by atoms with Crippen molar-refractivity contribution in [1.82, 2.24) is 9.47 Å². The zero-order valence-corrected chi connectivity index (χ0v) is 17.7. The minimum Gasteiger partial charge on any atom is -0.345 e. The molecular formula is C25H27ClN2O. The molecule has 1 aromatic heterocycles. The van der Waals surface area contributed by atoms with Gasteiger partial charge in [-0.05, 0) is 47.4 Å². The van der Waals surface area contributed by atoms with Gasteiger partial charge in [0.1, 0.15) is 0 Å². The van der Waals surface area contributed by atoms with Crippen molar-refractivity contribution < 1.29 is 4.79 Å². The molecule has 1 heterocycles. The maximum absolute atomic E-state index is 12.9. The molecule has 3 nitrogen and oxygen atoms in total. The van der Waals surface area contributed by atoms with Crippen LogP contribution in [0.2, 0.25) is 5.02 Å². The van der Waals surface area contributed by atoms with Crippen LogP contribution in [-0.4, -0.2) is 21.9 Å². The lowest BCUT2D eigenvalue weighted by atomic mass is 10.1. The Kier molecular flexibility index (Phi) is 7.31. The first-order chi connectivity index (χ1) is 14.0. The summed E-state index contributed by atoms with van der Waals surface area (Å²) in [5.41, 5.74) is 3.27. The van der Waals surface area contributed by atoms with Crippen LogP contribution in [0.5, 0.6) is 0 Å². The van der Waals surface area contributed by atoms with Crippen LogP contribution in [0.15, 0.2) is 79.0 Å². The molecule has 4 heteroatoms. The van der Waals surface area contributed by atoms with E-state index in [0.29, 0.717) is 19.0 Å². The molecule has 0 atom stereocenters. The third kappa shape index (κ3) is 6.37. The average Bonchev–Trinajstić information content (AvgIpc) is 3.12. The van der Waals surface area contributed by atoms with Crippen molar-refractivity contribution in [3.8, 4) is 0 Å². The molecule has 0 spiro atoms. The Morgan fingerprint density at radius 3 is 2.59 bits per heavy atom. The Bertz CT molecular complexity index is 960. The molecule has 0 N–H and O–H groups in total. The zero-order valence-electron chi connectivity index (χ0n) is 17.0. The molecule has 3 aromatic rings. The maximum atomic E-state index is 12.9. The monoisotopic (exact) mass is 406 g/mol. The van der Waals surface area contributed by atoms with Gasteiger partial charge in [-0.1, -0.05) is 67.9 Å². The number of aromatic nitrogens is 1. The molecule has 3 rings (SSSR count). The van der Waals surface area contributed by atoms with E-state index in [2.05, 4.69) is 30.5 Å². The highest BCUT2D eigenvalue weighted by molar-refractivity contribution is 6.30. The van der Waals surface area contributed by atoms with Crippen LogP contribution in [0.4, 0.5) is 0 Å². The number of hydrogen-bond donors (Lipinski definition) is 0. The van der Waals surface area contributed by atoms with Gasteiger partial charge in [0.2, 0.25) is 5.91 Å². The van der Waals surface area contributed by atoms with Gasteiger partial charge in [-0.15, -0.1) is 0 Å². The van der Waals surface area contributed by atoms with Crippen molar-refractivity contribution >= 4 is 23.6 Å². The van der Waals surface area contributed by atoms with E-state index in [1.807, 2.05) is 71.8 Å². The molecule has 2 aromatic carbocycles. The molecule has 0 bridgehead atoms. The number of halogens is 1. The SMILES string of the molecule is CC(C)CN(Cc1cccn1Cc1cccc(Cl)c1)C(=O)/C=C/c1ccccc1. The summed E-state index contributed by atoms with van der Waals surface area (Å²) in [6.07, 6.45) is 5.59. The van der Waals surface area contributed by atoms with Crippen molar-refractivity contribution in [2.24, 2.45) is 5.92 Å². The third-order valence-corrected chi connectivity index (χ3v) is 4.87. The van der Waals surface area contributed by atoms with Crippen LogP contribution in [-0.2, 0) is 17.9 Å². The summed E-state index contributed by atoms with van der Waals surface area (Å²) in [6.45, 7) is 6.27. The van der Waals surface area contributed by atoms with E-state index in [0.717, 1.165) is 28.4 Å². The lowest BCUT2D eigenvalue weighted by molar-refractivity contribution is -0.127. The van der Waals surface area contributed by atoms with Gasteiger partial charge < -0.3 is 9.47 Å². The van der Waals surface area contributed by atoms with E-state index in [9.17, 15) is 4.79 Å². The maximum Gasteiger partial charge on any atom is 0.246 e. The molecular weight excluding hydrogens is 380 g/mol. The normalized spacial score (nSPS) is 11.3. The molecule has 0 unspecified atom stereocenters. The number of carbonyl (C=O) groups excluding carboxylic acids is 1. The fourth-order valence-corrected chi connectivity index (χ4v) is 3.50. The van der Waals surface area contributed by atoms with Crippen molar-refractivity contribution in [2.75, 3.05) is 6.54 Å². The molecule has 1 amide bonds. The Morgan fingerprint density at radius 2 is 1.86 bits per heavy atom. The predicted octanol–water partition coefficient (Wildman–Crippen LogP) is 5.89. The molecule has 0 radical (unpaired) electrons. The van der Waals surface area contributed by atoms with E-state index in [1.54, 1.807) is 6.08 Å². The fourth-order valence-electron chi connectivity index (χ4n) is 3.29. The van der Waals surface area contributed by atoms with E-state index in [1.165, 1.54) is 0 Å². The number of benzene rings is 2. The minimum absolute atomic E-state index is 0.0260. The number of nitrogens with zero attached hydrogens (tertiary/aromatic N) is 2. The highest BCUT2D eigenvalue weighted by atomic mass is 35.5. The van der Waals surface area contributed by atoms with Crippen LogP contribution in [0, 0.1) is 5.92 Å². The standard InChI is InChI=1S/C25H27ClN2O/c1-20(2)17-28(25(29)14-13-21-8-4-3-5-9-21)19-24-12-7-15-27(24)18-22-10-6-11-23(26)16-22/h3-16,20H,17-19H2,1-2H3/b14-13+. The Labute approximate surface area is 178 Å². The third-order valence-electron chi connectivity index (χ3n) is 4.63. The molecule has 0 aliphatic carbocycles. The summed E-state index contributed by atoms with van der Waals surface area (Å²) >= 11 is 6.12.